The Balaban J connectivity index is 1.52. The second kappa shape index (κ2) is 7.95. The number of halogens is 1. The molecule has 2 aliphatic rings. The van der Waals surface area contributed by atoms with Gasteiger partial charge in [-0.3, -0.25) is 14.5 Å². The molecule has 2 aromatic rings. The summed E-state index contributed by atoms with van der Waals surface area (Å²) in [7, 11) is 1.73. The number of carbonyl (C=O) groups excluding carboxylic acids is 3. The average molecular weight is 469 g/mol. The van der Waals surface area contributed by atoms with Crippen LogP contribution in [0.1, 0.15) is 11.1 Å². The van der Waals surface area contributed by atoms with Crippen LogP contribution < -0.4 is 10.6 Å². The van der Waals surface area contributed by atoms with E-state index in [0.29, 0.717) is 11.3 Å². The van der Waals surface area contributed by atoms with Crippen LogP contribution in [0.25, 0.3) is 0 Å². The monoisotopic (exact) mass is 468 g/mol. The number of nitrogens with zero attached hydrogens (tertiary/aromatic N) is 2. The van der Waals surface area contributed by atoms with Crippen molar-refractivity contribution in [2.45, 2.75) is 25.6 Å². The van der Waals surface area contributed by atoms with Gasteiger partial charge in [0.15, 0.2) is 0 Å². The summed E-state index contributed by atoms with van der Waals surface area (Å²) in [5.41, 5.74) is 2.84. The van der Waals surface area contributed by atoms with E-state index in [1.165, 1.54) is 4.90 Å². The number of imide groups is 1. The highest BCUT2D eigenvalue weighted by Gasteiger charge is 2.49. The third kappa shape index (κ3) is 3.70. The van der Waals surface area contributed by atoms with Gasteiger partial charge in [-0.2, -0.15) is 0 Å². The number of amides is 4. The first-order valence-corrected chi connectivity index (χ1v) is 10.3. The molecule has 2 aliphatic heterocycles. The van der Waals surface area contributed by atoms with E-state index in [2.05, 4.69) is 26.6 Å². The lowest BCUT2D eigenvalue weighted by Gasteiger charge is -2.37. The van der Waals surface area contributed by atoms with Gasteiger partial charge in [-0.05, 0) is 36.2 Å². The first-order valence-electron chi connectivity index (χ1n) is 9.52. The van der Waals surface area contributed by atoms with Gasteiger partial charge in [-0.15, -0.1) is 0 Å². The van der Waals surface area contributed by atoms with Crippen LogP contribution in [-0.4, -0.2) is 46.8 Å². The third-order valence-electron chi connectivity index (χ3n) is 5.34. The summed E-state index contributed by atoms with van der Waals surface area (Å²) in [5.74, 6) is -0.672. The highest BCUT2D eigenvalue weighted by atomic mass is 79.9. The molecule has 4 amide bonds. The number of urea groups is 1. The SMILES string of the molecule is Cc1cc(NC(=O)C2=CN(C)C3C(=O)N(Cc4ccccc4)C(=O)NC23)ccc1Br. The van der Waals surface area contributed by atoms with Crippen molar-refractivity contribution in [2.75, 3.05) is 12.4 Å². The molecule has 0 saturated carbocycles. The summed E-state index contributed by atoms with van der Waals surface area (Å²) in [6, 6.07) is 13.0. The molecular formula is C22H21BrN4O3. The van der Waals surface area contributed by atoms with Crippen LogP contribution in [0, 0.1) is 6.92 Å². The molecule has 1 fully saturated rings. The fourth-order valence-electron chi connectivity index (χ4n) is 3.77. The number of likely N-dealkylation sites (N-methyl/N-ethyl adjacent to an activating group) is 1. The predicted molar refractivity (Wildman–Crippen MR) is 116 cm³/mol. The Morgan fingerprint density at radius 2 is 1.90 bits per heavy atom. The maximum absolute atomic E-state index is 13.1. The van der Waals surface area contributed by atoms with E-state index in [1.54, 1.807) is 24.2 Å². The fourth-order valence-corrected chi connectivity index (χ4v) is 4.02. The van der Waals surface area contributed by atoms with Gasteiger partial charge in [-0.1, -0.05) is 46.3 Å². The van der Waals surface area contributed by atoms with Crippen molar-refractivity contribution in [1.29, 1.82) is 0 Å². The van der Waals surface area contributed by atoms with Gasteiger partial charge >= 0.3 is 6.03 Å². The molecule has 2 heterocycles. The Kier molecular flexibility index (Phi) is 5.34. The number of hydrogen-bond donors (Lipinski definition) is 2. The van der Waals surface area contributed by atoms with Crippen molar-refractivity contribution in [1.82, 2.24) is 15.1 Å². The van der Waals surface area contributed by atoms with Crippen molar-refractivity contribution in [2.24, 2.45) is 0 Å². The molecule has 8 heteroatoms. The summed E-state index contributed by atoms with van der Waals surface area (Å²) in [6.45, 7) is 2.11. The maximum atomic E-state index is 13.1. The number of benzene rings is 2. The maximum Gasteiger partial charge on any atom is 0.325 e. The number of nitrogens with one attached hydrogen (secondary N) is 2. The number of aryl methyl sites for hydroxylation is 1. The van der Waals surface area contributed by atoms with Crippen LogP contribution in [0.2, 0.25) is 0 Å². The first kappa shape index (κ1) is 20.2. The van der Waals surface area contributed by atoms with E-state index >= 15 is 0 Å². The highest BCUT2D eigenvalue weighted by molar-refractivity contribution is 9.10. The minimum absolute atomic E-state index is 0.183. The molecule has 2 unspecified atom stereocenters. The van der Waals surface area contributed by atoms with Crippen molar-refractivity contribution in [3.8, 4) is 0 Å². The van der Waals surface area contributed by atoms with Gasteiger partial charge in [0.2, 0.25) is 0 Å². The Hall–Kier alpha value is -3.13. The average Bonchev–Trinajstić information content (AvgIpc) is 3.05. The molecule has 0 aliphatic carbocycles. The normalized spacial score (nSPS) is 20.6. The Labute approximate surface area is 182 Å². The first-order chi connectivity index (χ1) is 14.3. The van der Waals surface area contributed by atoms with E-state index in [4.69, 9.17) is 0 Å². The van der Waals surface area contributed by atoms with E-state index in [-0.39, 0.29) is 18.4 Å². The van der Waals surface area contributed by atoms with Gasteiger partial charge in [0.25, 0.3) is 11.8 Å². The Morgan fingerprint density at radius 1 is 1.17 bits per heavy atom. The Morgan fingerprint density at radius 3 is 2.60 bits per heavy atom. The molecule has 0 radical (unpaired) electrons. The molecular weight excluding hydrogens is 448 g/mol. The van der Waals surface area contributed by atoms with E-state index < -0.39 is 18.1 Å². The lowest BCUT2D eigenvalue weighted by Crippen LogP contribution is -2.64. The Bertz CT molecular complexity index is 1050. The largest absolute Gasteiger partial charge is 0.366 e. The smallest absolute Gasteiger partial charge is 0.325 e. The van der Waals surface area contributed by atoms with Gasteiger partial charge in [0.05, 0.1) is 18.2 Å². The summed E-state index contributed by atoms with van der Waals surface area (Å²) < 4.78 is 0.948. The summed E-state index contributed by atoms with van der Waals surface area (Å²) >= 11 is 3.44. The van der Waals surface area contributed by atoms with Crippen LogP contribution >= 0.6 is 15.9 Å². The number of anilines is 1. The van der Waals surface area contributed by atoms with Crippen LogP contribution in [0.5, 0.6) is 0 Å². The lowest BCUT2D eigenvalue weighted by atomic mass is 9.99. The quantitative estimate of drug-likeness (QED) is 0.722. The van der Waals surface area contributed by atoms with Crippen molar-refractivity contribution >= 4 is 39.5 Å². The molecule has 0 bridgehead atoms. The fraction of sp³-hybridized carbons (Fsp3) is 0.227. The molecule has 1 saturated heterocycles. The van der Waals surface area contributed by atoms with E-state index in [1.807, 2.05) is 49.4 Å². The van der Waals surface area contributed by atoms with Crippen molar-refractivity contribution < 1.29 is 14.4 Å². The molecule has 4 rings (SSSR count). The summed E-state index contributed by atoms with van der Waals surface area (Å²) in [5, 5.41) is 5.69. The zero-order valence-electron chi connectivity index (χ0n) is 16.6. The number of carbonyl (C=O) groups is 3. The molecule has 2 N–H and O–H groups in total. The molecule has 0 spiro atoms. The van der Waals surface area contributed by atoms with Gasteiger partial charge in [0.1, 0.15) is 6.04 Å². The van der Waals surface area contributed by atoms with Gasteiger partial charge in [-0.25, -0.2) is 4.79 Å². The van der Waals surface area contributed by atoms with E-state index in [0.717, 1.165) is 15.6 Å². The molecule has 154 valence electrons. The summed E-state index contributed by atoms with van der Waals surface area (Å²) in [6.07, 6.45) is 1.63. The second-order valence-electron chi connectivity index (χ2n) is 7.45. The number of hydrogen-bond acceptors (Lipinski definition) is 4. The molecule has 30 heavy (non-hydrogen) atoms. The molecule has 2 atom stereocenters. The minimum atomic E-state index is -0.696. The van der Waals surface area contributed by atoms with Gasteiger partial charge < -0.3 is 15.5 Å². The van der Waals surface area contributed by atoms with E-state index in [9.17, 15) is 14.4 Å². The van der Waals surface area contributed by atoms with Gasteiger partial charge in [0, 0.05) is 23.4 Å². The lowest BCUT2D eigenvalue weighted by molar-refractivity contribution is -0.134. The minimum Gasteiger partial charge on any atom is -0.366 e. The molecule has 2 aromatic carbocycles. The number of rotatable bonds is 4. The zero-order chi connectivity index (χ0) is 21.4. The number of fused-ring (bicyclic) bond motifs is 1. The second-order valence-corrected chi connectivity index (χ2v) is 8.30. The highest BCUT2D eigenvalue weighted by Crippen LogP contribution is 2.28. The van der Waals surface area contributed by atoms with Crippen LogP contribution in [0.4, 0.5) is 10.5 Å². The topological polar surface area (TPSA) is 81.8 Å². The standard InChI is InChI=1S/C22H21BrN4O3/c1-13-10-15(8-9-17(13)23)24-20(28)16-12-26(2)19-18(16)25-22(30)27(21(19)29)11-14-6-4-3-5-7-14/h3-10,12,18-19H,11H2,1-2H3,(H,24,28)(H,25,30). The molecule has 0 aromatic heterocycles. The van der Waals surface area contributed by atoms with Crippen LogP contribution in [-0.2, 0) is 16.1 Å². The van der Waals surface area contributed by atoms with Crippen molar-refractivity contribution in [3.63, 3.8) is 0 Å². The summed E-state index contributed by atoms with van der Waals surface area (Å²) in [4.78, 5) is 41.6. The third-order valence-corrected chi connectivity index (χ3v) is 6.23. The zero-order valence-corrected chi connectivity index (χ0v) is 18.1. The van der Waals surface area contributed by atoms with Crippen molar-refractivity contribution in [3.05, 3.63) is 75.9 Å². The van der Waals surface area contributed by atoms with Crippen LogP contribution in [0.3, 0.4) is 0 Å². The predicted octanol–water partition coefficient (Wildman–Crippen LogP) is 3.01. The van der Waals surface area contributed by atoms with Crippen LogP contribution in [0.15, 0.2) is 64.8 Å². The molecule has 7 nitrogen and oxygen atoms in total.